The smallest absolute Gasteiger partial charge is 0.216 e. The molecular weight excluding hydrogens is 733 g/mol. The first kappa shape index (κ1) is 30.6. The minimum absolute atomic E-state index is 0. The summed E-state index contributed by atoms with van der Waals surface area (Å²) in [7, 11) is 0. The van der Waals surface area contributed by atoms with Crippen molar-refractivity contribution in [1.29, 1.82) is 0 Å². The van der Waals surface area contributed by atoms with Crippen LogP contribution in [-0.4, -0.2) is 19.5 Å². The van der Waals surface area contributed by atoms with Gasteiger partial charge >= 0.3 is 0 Å². The zero-order valence-electron chi connectivity index (χ0n) is 26.1. The summed E-state index contributed by atoms with van der Waals surface area (Å²) in [4.78, 5) is 13.9. The zero-order valence-corrected chi connectivity index (χ0v) is 28.4. The first-order valence-corrected chi connectivity index (χ1v) is 15.2. The van der Waals surface area contributed by atoms with Crippen molar-refractivity contribution in [3.8, 4) is 22.6 Å². The normalized spacial score (nSPS) is 12.2. The van der Waals surface area contributed by atoms with Gasteiger partial charge in [0.1, 0.15) is 0 Å². The predicted molar refractivity (Wildman–Crippen MR) is 180 cm³/mol. The maximum Gasteiger partial charge on any atom is 0.216 e. The van der Waals surface area contributed by atoms with E-state index >= 15 is 0 Å². The zero-order chi connectivity index (χ0) is 30.4. The van der Waals surface area contributed by atoms with Crippen LogP contribution < -0.4 is 0 Å². The molecule has 0 N–H and O–H groups in total. The third kappa shape index (κ3) is 5.77. The van der Waals surface area contributed by atoms with Crippen LogP contribution in [0, 0.1) is 19.1 Å². The van der Waals surface area contributed by atoms with Gasteiger partial charge in [0.2, 0.25) is 5.71 Å². The van der Waals surface area contributed by atoms with Crippen LogP contribution in [0.4, 0.5) is 0 Å². The number of aromatic nitrogens is 4. The number of fused-ring (bicyclic) bond motifs is 3. The van der Waals surface area contributed by atoms with Crippen LogP contribution in [0.1, 0.15) is 61.9 Å². The molecular formula is C39H34IrN4O-2. The van der Waals surface area contributed by atoms with Crippen LogP contribution in [0.2, 0.25) is 0 Å². The Morgan fingerprint density at radius 2 is 1.69 bits per heavy atom. The molecule has 6 heteroatoms. The molecule has 7 aromatic rings. The van der Waals surface area contributed by atoms with E-state index in [0.29, 0.717) is 17.5 Å². The van der Waals surface area contributed by atoms with E-state index in [2.05, 4.69) is 103 Å². The number of imidazole rings is 1. The van der Waals surface area contributed by atoms with Gasteiger partial charge in [-0.2, -0.15) is 0 Å². The maximum atomic E-state index is 6.04. The molecule has 0 saturated carbocycles. The Morgan fingerprint density at radius 1 is 0.844 bits per heavy atom. The molecule has 1 radical (unpaired) electrons. The van der Waals surface area contributed by atoms with Crippen molar-refractivity contribution < 1.29 is 24.5 Å². The molecule has 1 aliphatic heterocycles. The Labute approximate surface area is 277 Å². The van der Waals surface area contributed by atoms with E-state index in [1.807, 2.05) is 49.5 Å². The molecule has 0 saturated heterocycles. The summed E-state index contributed by atoms with van der Waals surface area (Å²) in [6, 6.07) is 31.3. The molecule has 0 aliphatic carbocycles. The van der Waals surface area contributed by atoms with Crippen LogP contribution in [0.15, 0.2) is 89.5 Å². The Hall–Kier alpha value is -4.38. The number of hydrogen-bond donors (Lipinski definition) is 0. The van der Waals surface area contributed by atoms with Crippen LogP contribution in [0.5, 0.6) is 0 Å². The summed E-state index contributed by atoms with van der Waals surface area (Å²) < 4.78 is 8.33. The quantitative estimate of drug-likeness (QED) is 0.168. The minimum atomic E-state index is 0. The summed E-state index contributed by atoms with van der Waals surface area (Å²) in [5.41, 5.74) is 11.5. The molecule has 5 nitrogen and oxygen atoms in total. The predicted octanol–water partition coefficient (Wildman–Crippen LogP) is 9.93. The Kier molecular flexibility index (Phi) is 8.54. The van der Waals surface area contributed by atoms with E-state index in [1.54, 1.807) is 0 Å². The molecule has 227 valence electrons. The van der Waals surface area contributed by atoms with Crippen LogP contribution in [0.25, 0.3) is 61.8 Å². The van der Waals surface area contributed by atoms with Crippen molar-refractivity contribution in [2.45, 2.75) is 53.0 Å². The average Bonchev–Trinajstić information content (AvgIpc) is 3.60. The molecule has 8 rings (SSSR count). The molecule has 0 unspecified atom stereocenters. The summed E-state index contributed by atoms with van der Waals surface area (Å²) in [5, 5.41) is 2.08. The summed E-state index contributed by atoms with van der Waals surface area (Å²) in [6.45, 7) is 11.6. The van der Waals surface area contributed by atoms with Gasteiger partial charge in [-0.05, 0) is 65.9 Å². The molecule has 4 aromatic heterocycles. The number of aryl methyl sites for hydroxylation is 1. The van der Waals surface area contributed by atoms with Gasteiger partial charge in [0.25, 0.3) is 0 Å². The number of nitrogens with zero attached hydrogens (tertiary/aromatic N) is 4. The standard InChI is InChI=1S/C20H17N2O.C19H17N2.Ir/c1-12(2)14-9-10-21-18(11-14)17-6-4-5-15-16-8-7-13(3)22-20(16)23-19(15)17;1-13(2)16-11-15-9-6-10-21-18(15)17(12-16)20-19(21)14-7-4-3-5-8-14;/h4-5,7-12H,1-3H3;3-7,9,11-13H,10H2,1-2H3;/q2*-1;. The molecule has 3 aromatic carbocycles. The molecule has 0 spiro atoms. The largest absolute Gasteiger partial charge is 0.486 e. The Balaban J connectivity index is 0.000000156. The molecule has 45 heavy (non-hydrogen) atoms. The third-order valence-corrected chi connectivity index (χ3v) is 8.24. The Morgan fingerprint density at radius 3 is 2.47 bits per heavy atom. The van der Waals surface area contributed by atoms with E-state index < -0.39 is 0 Å². The molecule has 0 amide bonds. The fourth-order valence-electron chi connectivity index (χ4n) is 5.83. The van der Waals surface area contributed by atoms with E-state index in [9.17, 15) is 0 Å². The van der Waals surface area contributed by atoms with Gasteiger partial charge in [0, 0.05) is 43.9 Å². The van der Waals surface area contributed by atoms with Crippen molar-refractivity contribution in [3.63, 3.8) is 0 Å². The van der Waals surface area contributed by atoms with Crippen LogP contribution in [0.3, 0.4) is 0 Å². The van der Waals surface area contributed by atoms with Gasteiger partial charge in [-0.1, -0.05) is 62.4 Å². The first-order chi connectivity index (χ1) is 21.4. The fourth-order valence-corrected chi connectivity index (χ4v) is 5.83. The topological polar surface area (TPSA) is 56.7 Å². The van der Waals surface area contributed by atoms with E-state index in [-0.39, 0.29) is 20.1 Å². The summed E-state index contributed by atoms with van der Waals surface area (Å²) in [5.74, 6) is 1.98. The van der Waals surface area contributed by atoms with Crippen molar-refractivity contribution in [1.82, 2.24) is 19.5 Å². The molecule has 0 fully saturated rings. The SMILES string of the molecule is CC(C)c1cc2c3c(c1)nc(-c1[c-]cccc1)n3CC=C2.Cc1ccc2c(n1)oc1c(-c3cc(C(C)C)ccn3)[c-]ccc12.[Ir]. The molecule has 5 heterocycles. The third-order valence-electron chi connectivity index (χ3n) is 8.24. The van der Waals surface area contributed by atoms with Gasteiger partial charge in [-0.25, -0.2) is 4.98 Å². The van der Waals surface area contributed by atoms with Crippen LogP contribution >= 0.6 is 0 Å². The number of benzene rings is 3. The second-order valence-electron chi connectivity index (χ2n) is 12.0. The second kappa shape index (κ2) is 12.5. The molecule has 0 bridgehead atoms. The van der Waals surface area contributed by atoms with Crippen LogP contribution in [-0.2, 0) is 26.7 Å². The maximum absolute atomic E-state index is 6.04. The fraction of sp³-hybridized carbons (Fsp3) is 0.205. The molecule has 0 atom stereocenters. The Bertz CT molecular complexity index is 2170. The number of rotatable bonds is 4. The second-order valence-corrected chi connectivity index (χ2v) is 12.0. The van der Waals surface area contributed by atoms with E-state index in [1.165, 1.54) is 22.2 Å². The monoisotopic (exact) mass is 767 g/mol. The van der Waals surface area contributed by atoms with Gasteiger partial charge in [-0.3, -0.25) is 4.98 Å². The number of hydrogen-bond acceptors (Lipinski definition) is 4. The number of pyridine rings is 2. The van der Waals surface area contributed by atoms with E-state index in [4.69, 9.17) is 9.40 Å². The summed E-state index contributed by atoms with van der Waals surface area (Å²) >= 11 is 0. The minimum Gasteiger partial charge on any atom is -0.486 e. The van der Waals surface area contributed by atoms with Gasteiger partial charge < -0.3 is 14.0 Å². The van der Waals surface area contributed by atoms with Gasteiger partial charge in [0.05, 0.1) is 22.4 Å². The van der Waals surface area contributed by atoms with Crippen molar-refractivity contribution in [2.24, 2.45) is 0 Å². The van der Waals surface area contributed by atoms with Gasteiger partial charge in [-0.15, -0.1) is 54.1 Å². The van der Waals surface area contributed by atoms with Crippen molar-refractivity contribution in [2.75, 3.05) is 0 Å². The van der Waals surface area contributed by atoms with Gasteiger partial charge in [0.15, 0.2) is 0 Å². The first-order valence-electron chi connectivity index (χ1n) is 15.2. The number of allylic oxidation sites excluding steroid dienone is 1. The average molecular weight is 767 g/mol. The number of furan rings is 1. The van der Waals surface area contributed by atoms with Crippen molar-refractivity contribution >= 4 is 39.2 Å². The van der Waals surface area contributed by atoms with E-state index in [0.717, 1.165) is 56.8 Å². The van der Waals surface area contributed by atoms with Crippen molar-refractivity contribution in [3.05, 3.63) is 120 Å². The molecule has 1 aliphatic rings. The summed E-state index contributed by atoms with van der Waals surface area (Å²) in [6.07, 6.45) is 6.27.